The summed E-state index contributed by atoms with van der Waals surface area (Å²) in [5.41, 5.74) is 0. The quantitative estimate of drug-likeness (QED) is 0.704. The average molecular weight is 296 g/mol. The van der Waals surface area contributed by atoms with Gasteiger partial charge in [-0.1, -0.05) is 39.3 Å². The fourth-order valence-electron chi connectivity index (χ4n) is 2.48. The molecule has 0 saturated heterocycles. The van der Waals surface area contributed by atoms with Crippen LogP contribution in [0.1, 0.15) is 0 Å². The highest BCUT2D eigenvalue weighted by atomic mass is 29.9. The van der Waals surface area contributed by atoms with E-state index in [1.807, 2.05) is 21.3 Å². The molecule has 0 aliphatic rings. The molecule has 0 fully saturated rings. The van der Waals surface area contributed by atoms with Gasteiger partial charge in [-0.3, -0.25) is 0 Å². The third-order valence-corrected chi connectivity index (χ3v) is 55.2. The second kappa shape index (κ2) is 5.59. The van der Waals surface area contributed by atoms with Crippen LogP contribution in [0.15, 0.2) is 0 Å². The van der Waals surface area contributed by atoms with Gasteiger partial charge in [0.2, 0.25) is 0 Å². The van der Waals surface area contributed by atoms with Crippen LogP contribution in [0.5, 0.6) is 0 Å². The molecule has 0 aliphatic heterocycles. The number of hydrogen-bond acceptors (Lipinski definition) is 3. The third kappa shape index (κ3) is 3.62. The summed E-state index contributed by atoms with van der Waals surface area (Å²) in [6.45, 7) is 13.9. The predicted molar refractivity (Wildman–Crippen MR) is 79.2 cm³/mol. The Kier molecular flexibility index (Phi) is 5.85. The van der Waals surface area contributed by atoms with Gasteiger partial charge in [0.1, 0.15) is 0 Å². The summed E-state index contributed by atoms with van der Waals surface area (Å²) < 4.78 is 17.6. The maximum atomic E-state index is 5.87. The Hall–Kier alpha value is 0.748. The zero-order valence-electron chi connectivity index (χ0n) is 12.2. The van der Waals surface area contributed by atoms with Gasteiger partial charge in [-0.2, -0.15) is 7.35 Å². The molecule has 0 unspecified atom stereocenters. The Morgan fingerprint density at radius 3 is 0.875 bits per heavy atom. The van der Waals surface area contributed by atoms with Gasteiger partial charge in [-0.25, -0.2) is 0 Å². The molecule has 0 spiro atoms. The minimum atomic E-state index is -1.64. The first-order chi connectivity index (χ1) is 7.05. The molecule has 0 aromatic carbocycles. The van der Waals surface area contributed by atoms with Gasteiger partial charge >= 0.3 is 0 Å². The molecule has 0 atom stereocenters. The normalized spacial score (nSPS) is 14.6. The second-order valence-corrected chi connectivity index (χ2v) is 36.4. The zero-order chi connectivity index (χ0) is 13.2. The Morgan fingerprint density at radius 1 is 0.562 bits per heavy atom. The van der Waals surface area contributed by atoms with E-state index in [9.17, 15) is 0 Å². The molecule has 0 amide bonds. The first-order valence-corrected chi connectivity index (χ1v) is 18.8. The van der Waals surface area contributed by atoms with Gasteiger partial charge in [0.15, 0.2) is 0 Å². The van der Waals surface area contributed by atoms with E-state index in [1.165, 1.54) is 0 Å². The summed E-state index contributed by atoms with van der Waals surface area (Å²) in [5, 5.41) is 0. The number of rotatable bonds is 6. The van der Waals surface area contributed by atoms with E-state index >= 15 is 0 Å². The van der Waals surface area contributed by atoms with Crippen LogP contribution in [-0.2, 0) is 13.3 Å². The molecule has 0 radical (unpaired) electrons. The van der Waals surface area contributed by atoms with Crippen LogP contribution in [-0.4, -0.2) is 52.2 Å². The maximum Gasteiger partial charge on any atom is 0.0271 e. The van der Waals surface area contributed by atoms with Crippen molar-refractivity contribution in [2.45, 2.75) is 39.3 Å². The summed E-state index contributed by atoms with van der Waals surface area (Å²) in [7, 11) is -0.0336. The zero-order valence-corrected chi connectivity index (χ0v) is 16.2. The molecule has 0 saturated carbocycles. The lowest BCUT2D eigenvalue weighted by Gasteiger charge is -2.58. The Bertz CT molecular complexity index is 193. The summed E-state index contributed by atoms with van der Waals surface area (Å²) in [6.07, 6.45) is 0. The van der Waals surface area contributed by atoms with Crippen molar-refractivity contribution in [3.05, 3.63) is 0 Å². The largest absolute Gasteiger partial charge is 0.456 e. The predicted octanol–water partition coefficient (Wildman–Crippen LogP) is 2.27. The molecule has 3 nitrogen and oxygen atoms in total. The highest BCUT2D eigenvalue weighted by molar-refractivity contribution is 7.78. The summed E-state index contributed by atoms with van der Waals surface area (Å²) in [6, 6.07) is 0. The first-order valence-electron chi connectivity index (χ1n) is 5.59. The highest BCUT2D eigenvalue weighted by Crippen LogP contribution is 2.27. The molecule has 0 bridgehead atoms. The second-order valence-electron chi connectivity index (χ2n) is 5.52. The van der Waals surface area contributed by atoms with Gasteiger partial charge in [0, 0.05) is 44.8 Å². The van der Waals surface area contributed by atoms with E-state index in [4.69, 9.17) is 13.3 Å². The summed E-state index contributed by atoms with van der Waals surface area (Å²) >= 11 is 0. The molecule has 98 valence electrons. The minimum absolute atomic E-state index is 0.676. The van der Waals surface area contributed by atoms with Gasteiger partial charge in [0.25, 0.3) is 0 Å². The minimum Gasteiger partial charge on any atom is -0.456 e. The smallest absolute Gasteiger partial charge is 0.0271 e. The molecule has 0 aromatic heterocycles. The molecule has 0 N–H and O–H groups in total. The lowest BCUT2D eigenvalue weighted by Crippen LogP contribution is -2.75. The van der Waals surface area contributed by atoms with Crippen molar-refractivity contribution in [1.82, 2.24) is 0 Å². The Labute approximate surface area is 105 Å². The van der Waals surface area contributed by atoms with Gasteiger partial charge in [0.05, 0.1) is 0 Å². The van der Waals surface area contributed by atoms with Crippen molar-refractivity contribution in [2.75, 3.05) is 21.3 Å². The van der Waals surface area contributed by atoms with Crippen LogP contribution in [0, 0.1) is 0 Å². The Morgan fingerprint density at radius 2 is 0.750 bits per heavy atom. The maximum absolute atomic E-state index is 5.87. The van der Waals surface area contributed by atoms with Crippen LogP contribution in [0.25, 0.3) is 0 Å². The molecule has 0 aliphatic carbocycles. The third-order valence-electron chi connectivity index (χ3n) is 3.34. The molecule has 7 heteroatoms. The van der Waals surface area contributed by atoms with Crippen molar-refractivity contribution in [1.29, 1.82) is 0 Å². The van der Waals surface area contributed by atoms with Crippen molar-refractivity contribution < 1.29 is 13.3 Å². The SMILES string of the molecule is CO[Si](C)(C)[Si-]([Si](C)(C)OC)[Si](C)(C)OC. The van der Waals surface area contributed by atoms with Crippen LogP contribution >= 0.6 is 0 Å². The highest BCUT2D eigenvalue weighted by Gasteiger charge is 2.42. The van der Waals surface area contributed by atoms with Crippen LogP contribution < -0.4 is 0 Å². The topological polar surface area (TPSA) is 27.7 Å². The molecular formula is C9H27O3Si4-. The fourth-order valence-corrected chi connectivity index (χ4v) is 67.0. The van der Waals surface area contributed by atoms with Gasteiger partial charge < -0.3 is 13.3 Å². The summed E-state index contributed by atoms with van der Waals surface area (Å²) in [5.74, 6) is 0. The van der Waals surface area contributed by atoms with Crippen molar-refractivity contribution in [3.8, 4) is 0 Å². The lowest BCUT2D eigenvalue weighted by atomic mass is 11.8. The van der Waals surface area contributed by atoms with E-state index in [2.05, 4.69) is 39.3 Å². The van der Waals surface area contributed by atoms with Crippen molar-refractivity contribution in [2.24, 2.45) is 0 Å². The van der Waals surface area contributed by atoms with Crippen molar-refractivity contribution >= 4 is 30.9 Å². The van der Waals surface area contributed by atoms with E-state index in [-0.39, 0.29) is 0 Å². The van der Waals surface area contributed by atoms with E-state index in [1.54, 1.807) is 0 Å². The molecule has 16 heavy (non-hydrogen) atoms. The first kappa shape index (κ1) is 16.7. The molecular weight excluding hydrogens is 268 g/mol. The number of hydrogen-bond donors (Lipinski definition) is 0. The molecule has 0 heterocycles. The van der Waals surface area contributed by atoms with Gasteiger partial charge in [-0.15, -0.1) is 0 Å². The molecule has 0 rings (SSSR count). The van der Waals surface area contributed by atoms with E-state index in [0.717, 1.165) is 0 Å². The van der Waals surface area contributed by atoms with Crippen LogP contribution in [0.3, 0.4) is 0 Å². The lowest BCUT2D eigenvalue weighted by molar-refractivity contribution is 0.405. The average Bonchev–Trinajstić information content (AvgIpc) is 2.16. The fraction of sp³-hybridized carbons (Fsp3) is 1.00. The van der Waals surface area contributed by atoms with Crippen molar-refractivity contribution in [3.63, 3.8) is 0 Å². The standard InChI is InChI=1S/C9H27O3Si4/c1-10-14(4,5)13(15(6,7)11-2)16(8,9)12-3/h1-9H3/q-1. The van der Waals surface area contributed by atoms with E-state index in [0.29, 0.717) is 0 Å². The van der Waals surface area contributed by atoms with Crippen LogP contribution in [0.4, 0.5) is 0 Å². The monoisotopic (exact) mass is 295 g/mol. The van der Waals surface area contributed by atoms with Gasteiger partial charge in [-0.05, 0) is 0 Å². The molecule has 0 aromatic rings. The summed E-state index contributed by atoms with van der Waals surface area (Å²) in [4.78, 5) is 0. The van der Waals surface area contributed by atoms with E-state index < -0.39 is 30.9 Å². The van der Waals surface area contributed by atoms with Crippen LogP contribution in [0.2, 0.25) is 39.3 Å². The Balaban J connectivity index is 5.40.